The van der Waals surface area contributed by atoms with Crippen molar-refractivity contribution in [2.75, 3.05) is 7.05 Å². The van der Waals surface area contributed by atoms with Crippen molar-refractivity contribution < 1.29 is 4.76 Å². The van der Waals surface area contributed by atoms with Crippen molar-refractivity contribution in [2.45, 2.75) is 45.8 Å². The van der Waals surface area contributed by atoms with Gasteiger partial charge in [0.15, 0.2) is 0 Å². The molecule has 0 unspecified atom stereocenters. The summed E-state index contributed by atoms with van der Waals surface area (Å²) in [4.78, 5) is 16.4. The van der Waals surface area contributed by atoms with Gasteiger partial charge in [-0.2, -0.15) is 5.10 Å². The summed E-state index contributed by atoms with van der Waals surface area (Å²) in [6.45, 7) is 9.19. The van der Waals surface area contributed by atoms with Crippen LogP contribution in [-0.4, -0.2) is 34.4 Å². The minimum atomic E-state index is -0.705. The van der Waals surface area contributed by atoms with Crippen molar-refractivity contribution in [3.63, 3.8) is 0 Å². The van der Waals surface area contributed by atoms with Gasteiger partial charge in [-0.25, -0.2) is 4.99 Å². The van der Waals surface area contributed by atoms with E-state index in [0.29, 0.717) is 0 Å². The van der Waals surface area contributed by atoms with Crippen molar-refractivity contribution in [3.8, 4) is 0 Å². The van der Waals surface area contributed by atoms with Crippen LogP contribution in [-0.2, 0) is 0 Å². The number of aliphatic imine (C=N–C) groups is 1. The highest BCUT2D eigenvalue weighted by Crippen LogP contribution is 2.30. The molecule has 0 fully saturated rings. The van der Waals surface area contributed by atoms with Crippen molar-refractivity contribution >= 4 is 11.4 Å². The van der Waals surface area contributed by atoms with Crippen LogP contribution in [0.15, 0.2) is 10.1 Å². The number of nitrogens with zero attached hydrogens (tertiary/aromatic N) is 3. The lowest BCUT2D eigenvalue weighted by Crippen LogP contribution is -2.45. The van der Waals surface area contributed by atoms with E-state index in [1.54, 1.807) is 20.9 Å². The fourth-order valence-corrected chi connectivity index (χ4v) is 1.98. The highest BCUT2D eigenvalue weighted by atomic mass is 16.3. The van der Waals surface area contributed by atoms with Gasteiger partial charge in [0, 0.05) is 44.4 Å². The van der Waals surface area contributed by atoms with Gasteiger partial charge in [-0.3, -0.25) is 0 Å². The molecule has 0 aromatic rings. The third-order valence-electron chi connectivity index (χ3n) is 2.59. The molecule has 5 heteroatoms. The summed E-state index contributed by atoms with van der Waals surface area (Å²) in [5.74, 6) is 0. The normalized spacial score (nSPS) is 24.0. The van der Waals surface area contributed by atoms with E-state index < -0.39 is 11.2 Å². The van der Waals surface area contributed by atoms with E-state index >= 15 is 0 Å². The second-order valence-electron chi connectivity index (χ2n) is 4.73. The van der Waals surface area contributed by atoms with Crippen LogP contribution in [0.5, 0.6) is 0 Å². The maximum atomic E-state index is 12.0. The molecule has 0 amide bonds. The van der Waals surface area contributed by atoms with E-state index in [1.165, 1.54) is 0 Å². The first-order valence-electron chi connectivity index (χ1n) is 5.02. The van der Waals surface area contributed by atoms with Crippen molar-refractivity contribution in [2.24, 2.45) is 10.1 Å². The zero-order chi connectivity index (χ0) is 11.9. The average molecular weight is 211 g/mol. The standard InChI is InChI=1S/C10H19N4O/c1-7(13-11-6)8-9(2,3)14(15)10(4,5)12-8/h11H,1-6H3/q+1/b13-7+. The number of rotatable bonds is 2. The first-order valence-corrected chi connectivity index (χ1v) is 5.02. The fourth-order valence-electron chi connectivity index (χ4n) is 1.98. The van der Waals surface area contributed by atoms with E-state index in [4.69, 9.17) is 0 Å². The van der Waals surface area contributed by atoms with Crippen LogP contribution < -0.4 is 5.43 Å². The summed E-state index contributed by atoms with van der Waals surface area (Å²) in [5, 5.41) is 4.07. The fraction of sp³-hybridized carbons (Fsp3) is 0.800. The van der Waals surface area contributed by atoms with Gasteiger partial charge in [0.1, 0.15) is 5.71 Å². The summed E-state index contributed by atoms with van der Waals surface area (Å²) in [6, 6.07) is 0. The first-order chi connectivity index (χ1) is 6.73. The van der Waals surface area contributed by atoms with Gasteiger partial charge in [-0.1, -0.05) is 0 Å². The van der Waals surface area contributed by atoms with Gasteiger partial charge in [0.25, 0.3) is 11.2 Å². The summed E-state index contributed by atoms with van der Waals surface area (Å²) in [6.07, 6.45) is 0. The van der Waals surface area contributed by atoms with Crippen molar-refractivity contribution in [3.05, 3.63) is 4.91 Å². The molecule has 0 saturated heterocycles. The largest absolute Gasteiger partial charge is 0.313 e. The number of nitrogens with one attached hydrogen (secondary N) is 1. The van der Waals surface area contributed by atoms with Crippen LogP contribution >= 0.6 is 0 Å². The van der Waals surface area contributed by atoms with E-state index in [9.17, 15) is 4.91 Å². The Hall–Kier alpha value is -1.26. The minimum Gasteiger partial charge on any atom is -0.313 e. The Labute approximate surface area is 90.2 Å². The van der Waals surface area contributed by atoms with E-state index in [1.807, 2.05) is 20.8 Å². The number of nitroso groups, excluding NO2 is 1. The monoisotopic (exact) mass is 211 g/mol. The third-order valence-corrected chi connectivity index (χ3v) is 2.59. The predicted molar refractivity (Wildman–Crippen MR) is 61.4 cm³/mol. The quantitative estimate of drug-likeness (QED) is 0.425. The Morgan fingerprint density at radius 1 is 1.40 bits per heavy atom. The maximum Gasteiger partial charge on any atom is 0.298 e. The Balaban J connectivity index is 3.20. The lowest BCUT2D eigenvalue weighted by molar-refractivity contribution is -0.653. The molecule has 0 aromatic heterocycles. The van der Waals surface area contributed by atoms with Crippen LogP contribution in [0.1, 0.15) is 34.6 Å². The zero-order valence-corrected chi connectivity index (χ0v) is 10.2. The molecule has 0 spiro atoms. The molecule has 1 rings (SSSR count). The lowest BCUT2D eigenvalue weighted by Gasteiger charge is -2.13. The van der Waals surface area contributed by atoms with Gasteiger partial charge in [0.2, 0.25) is 0 Å². The Kier molecular flexibility index (Phi) is 2.67. The number of hydrazone groups is 1. The molecule has 0 bridgehead atoms. The topological polar surface area (TPSA) is 56.8 Å². The van der Waals surface area contributed by atoms with Gasteiger partial charge >= 0.3 is 0 Å². The van der Waals surface area contributed by atoms with Crippen LogP contribution in [0.4, 0.5) is 0 Å². The molecule has 0 aliphatic carbocycles. The minimum absolute atomic E-state index is 0.617. The highest BCUT2D eigenvalue weighted by molar-refractivity contribution is 6.44. The number of hydrogen-bond donors (Lipinski definition) is 1. The Morgan fingerprint density at radius 2 is 1.93 bits per heavy atom. The molecule has 1 N–H and O–H groups in total. The molecule has 84 valence electrons. The van der Waals surface area contributed by atoms with Gasteiger partial charge in [0.05, 0.1) is 5.71 Å². The molecular weight excluding hydrogens is 192 g/mol. The van der Waals surface area contributed by atoms with Gasteiger partial charge in [-0.05, 0) is 6.92 Å². The molecule has 1 aliphatic rings. The molecule has 1 aliphatic heterocycles. The SMILES string of the molecule is CN/N=C(\C)C1=NC(C)(C)[N+](=O)C1(C)C. The second-order valence-corrected chi connectivity index (χ2v) is 4.73. The summed E-state index contributed by atoms with van der Waals surface area (Å²) in [7, 11) is 1.73. The molecule has 1 heterocycles. The highest BCUT2D eigenvalue weighted by Gasteiger charge is 2.57. The van der Waals surface area contributed by atoms with Crippen LogP contribution in [0.3, 0.4) is 0 Å². The average Bonchev–Trinajstić information content (AvgIpc) is 2.27. The third kappa shape index (κ3) is 1.78. The number of hydrogen-bond acceptors (Lipinski definition) is 4. The van der Waals surface area contributed by atoms with E-state index in [-0.39, 0.29) is 0 Å². The van der Waals surface area contributed by atoms with E-state index in [2.05, 4.69) is 15.5 Å². The molecule has 0 saturated carbocycles. The van der Waals surface area contributed by atoms with Crippen LogP contribution in [0, 0.1) is 4.91 Å². The molecule has 0 aromatic carbocycles. The molecule has 0 radical (unpaired) electrons. The summed E-state index contributed by atoms with van der Waals surface area (Å²) >= 11 is 0. The summed E-state index contributed by atoms with van der Waals surface area (Å²) in [5.41, 5.74) is 2.89. The smallest absolute Gasteiger partial charge is 0.298 e. The van der Waals surface area contributed by atoms with Crippen molar-refractivity contribution in [1.29, 1.82) is 0 Å². The second kappa shape index (κ2) is 3.40. The van der Waals surface area contributed by atoms with Crippen LogP contribution in [0.25, 0.3) is 0 Å². The van der Waals surface area contributed by atoms with Gasteiger partial charge in [-0.15, -0.1) is 0 Å². The van der Waals surface area contributed by atoms with Gasteiger partial charge < -0.3 is 5.43 Å². The Morgan fingerprint density at radius 3 is 2.27 bits per heavy atom. The molecule has 5 nitrogen and oxygen atoms in total. The zero-order valence-electron chi connectivity index (χ0n) is 10.2. The molecular formula is C10H19N4O+. The lowest BCUT2D eigenvalue weighted by atomic mass is 9.96. The molecule has 15 heavy (non-hydrogen) atoms. The first kappa shape index (κ1) is 11.8. The maximum absolute atomic E-state index is 12.0. The van der Waals surface area contributed by atoms with E-state index in [0.717, 1.165) is 16.2 Å². The van der Waals surface area contributed by atoms with Crippen LogP contribution in [0.2, 0.25) is 0 Å². The summed E-state index contributed by atoms with van der Waals surface area (Å²) < 4.78 is 1.02. The predicted octanol–water partition coefficient (Wildman–Crippen LogP) is 1.33. The van der Waals surface area contributed by atoms with Crippen molar-refractivity contribution in [1.82, 2.24) is 5.43 Å². The molecule has 0 atom stereocenters. The Bertz CT molecular complexity index is 352.